The molecule has 0 spiro atoms. The van der Waals surface area contributed by atoms with Gasteiger partial charge in [-0.3, -0.25) is 10.1 Å². The number of hydrogen-bond donors (Lipinski definition) is 1. The van der Waals surface area contributed by atoms with E-state index >= 15 is 0 Å². The molecule has 0 aliphatic carbocycles. The average Bonchev–Trinajstić information content (AvgIpc) is 3.07. The summed E-state index contributed by atoms with van der Waals surface area (Å²) in [5, 5.41) is 6.50. The highest BCUT2D eigenvalue weighted by molar-refractivity contribution is 5.91. The molecule has 0 bridgehead atoms. The van der Waals surface area contributed by atoms with Crippen molar-refractivity contribution in [3.8, 4) is 11.5 Å². The van der Waals surface area contributed by atoms with Gasteiger partial charge in [0.25, 0.3) is 5.91 Å². The lowest BCUT2D eigenvalue weighted by Gasteiger charge is -2.12. The van der Waals surface area contributed by atoms with Crippen LogP contribution in [0.4, 0.5) is 5.88 Å². The van der Waals surface area contributed by atoms with Gasteiger partial charge in [-0.25, -0.2) is 4.79 Å². The van der Waals surface area contributed by atoms with Crippen LogP contribution in [-0.4, -0.2) is 37.9 Å². The fraction of sp³-hybridized carbons (Fsp3) is 0.389. The van der Waals surface area contributed by atoms with Gasteiger partial charge in [-0.1, -0.05) is 25.9 Å². The molecule has 8 nitrogen and oxygen atoms in total. The maximum atomic E-state index is 12.0. The van der Waals surface area contributed by atoms with Crippen LogP contribution in [0.3, 0.4) is 0 Å². The molecular formula is C18H22N2O6. The Morgan fingerprint density at radius 1 is 1.15 bits per heavy atom. The highest BCUT2D eigenvalue weighted by Crippen LogP contribution is 2.28. The van der Waals surface area contributed by atoms with Crippen LogP contribution in [0.1, 0.15) is 36.8 Å². The van der Waals surface area contributed by atoms with E-state index in [2.05, 4.69) is 15.2 Å². The number of rotatable bonds is 6. The van der Waals surface area contributed by atoms with Gasteiger partial charge in [-0.05, 0) is 18.2 Å². The van der Waals surface area contributed by atoms with Gasteiger partial charge < -0.3 is 18.7 Å². The fourth-order valence-corrected chi connectivity index (χ4v) is 2.04. The smallest absolute Gasteiger partial charge is 0.337 e. The van der Waals surface area contributed by atoms with Crippen molar-refractivity contribution < 1.29 is 28.3 Å². The van der Waals surface area contributed by atoms with E-state index in [0.717, 1.165) is 5.69 Å². The minimum absolute atomic E-state index is 0.183. The number of nitrogens with one attached hydrogen (secondary N) is 1. The first kappa shape index (κ1) is 19.3. The van der Waals surface area contributed by atoms with Crippen molar-refractivity contribution in [2.45, 2.75) is 26.2 Å². The highest BCUT2D eigenvalue weighted by Gasteiger charge is 2.20. The van der Waals surface area contributed by atoms with Crippen LogP contribution in [-0.2, 0) is 14.9 Å². The summed E-state index contributed by atoms with van der Waals surface area (Å²) in [6, 6.07) is 6.20. The third-order valence-electron chi connectivity index (χ3n) is 3.48. The molecule has 2 aromatic rings. The van der Waals surface area contributed by atoms with E-state index in [1.807, 2.05) is 20.8 Å². The summed E-state index contributed by atoms with van der Waals surface area (Å²) in [6.07, 6.45) is 0. The molecule has 0 saturated carbocycles. The van der Waals surface area contributed by atoms with Gasteiger partial charge in [0, 0.05) is 11.5 Å². The number of ether oxygens (including phenoxy) is 3. The molecule has 0 unspecified atom stereocenters. The van der Waals surface area contributed by atoms with Gasteiger partial charge in [-0.2, -0.15) is 0 Å². The first-order chi connectivity index (χ1) is 12.2. The summed E-state index contributed by atoms with van der Waals surface area (Å²) in [6.45, 7) is 5.71. The van der Waals surface area contributed by atoms with Crippen LogP contribution in [0, 0.1) is 0 Å². The van der Waals surface area contributed by atoms with Crippen molar-refractivity contribution in [3.63, 3.8) is 0 Å². The number of nitrogens with zero attached hydrogens (tertiary/aromatic N) is 1. The Morgan fingerprint density at radius 3 is 2.46 bits per heavy atom. The Bertz CT molecular complexity index is 791. The number of anilines is 1. The summed E-state index contributed by atoms with van der Waals surface area (Å²) in [7, 11) is 2.73. The number of esters is 1. The van der Waals surface area contributed by atoms with Gasteiger partial charge >= 0.3 is 5.97 Å². The predicted molar refractivity (Wildman–Crippen MR) is 93.7 cm³/mol. The molecule has 1 N–H and O–H groups in total. The van der Waals surface area contributed by atoms with Crippen LogP contribution in [0.2, 0.25) is 0 Å². The predicted octanol–water partition coefficient (Wildman–Crippen LogP) is 2.78. The molecule has 0 atom stereocenters. The molecule has 1 heterocycles. The summed E-state index contributed by atoms with van der Waals surface area (Å²) in [5.74, 6) is -0.0246. The topological polar surface area (TPSA) is 99.9 Å². The summed E-state index contributed by atoms with van der Waals surface area (Å²) >= 11 is 0. The zero-order valence-corrected chi connectivity index (χ0v) is 15.4. The van der Waals surface area contributed by atoms with Crippen molar-refractivity contribution in [1.29, 1.82) is 0 Å². The SMILES string of the molecule is COC(=O)c1ccc(OCC(=O)Nc2cc(C(C)(C)C)no2)c(OC)c1. The Labute approximate surface area is 151 Å². The molecule has 26 heavy (non-hydrogen) atoms. The second-order valence-electron chi connectivity index (χ2n) is 6.52. The molecule has 1 amide bonds. The van der Waals surface area contributed by atoms with E-state index in [0.29, 0.717) is 17.1 Å². The third kappa shape index (κ3) is 4.75. The number of methoxy groups -OCH3 is 2. The minimum atomic E-state index is -0.493. The van der Waals surface area contributed by atoms with E-state index in [-0.39, 0.29) is 17.9 Å². The van der Waals surface area contributed by atoms with Crippen molar-refractivity contribution in [2.75, 3.05) is 26.1 Å². The molecule has 0 radical (unpaired) electrons. The van der Waals surface area contributed by atoms with Gasteiger partial charge in [0.15, 0.2) is 18.1 Å². The van der Waals surface area contributed by atoms with Crippen molar-refractivity contribution in [1.82, 2.24) is 5.16 Å². The number of amides is 1. The first-order valence-electron chi connectivity index (χ1n) is 7.91. The second-order valence-corrected chi connectivity index (χ2v) is 6.52. The third-order valence-corrected chi connectivity index (χ3v) is 3.48. The molecule has 8 heteroatoms. The van der Waals surface area contributed by atoms with Crippen LogP contribution >= 0.6 is 0 Å². The van der Waals surface area contributed by atoms with Crippen molar-refractivity contribution in [2.24, 2.45) is 0 Å². The van der Waals surface area contributed by atoms with Gasteiger partial charge in [0.1, 0.15) is 0 Å². The molecule has 0 saturated heterocycles. The van der Waals surface area contributed by atoms with Gasteiger partial charge in [0.2, 0.25) is 5.88 Å². The molecule has 1 aromatic carbocycles. The van der Waals surface area contributed by atoms with Crippen LogP contribution < -0.4 is 14.8 Å². The van der Waals surface area contributed by atoms with E-state index in [1.165, 1.54) is 32.4 Å². The van der Waals surface area contributed by atoms with Gasteiger partial charge in [-0.15, -0.1) is 0 Å². The van der Waals surface area contributed by atoms with Crippen molar-refractivity contribution >= 4 is 17.8 Å². The number of hydrogen-bond acceptors (Lipinski definition) is 7. The quantitative estimate of drug-likeness (QED) is 0.789. The Hall–Kier alpha value is -3.03. The molecule has 2 rings (SSSR count). The van der Waals surface area contributed by atoms with Crippen LogP contribution in [0.15, 0.2) is 28.8 Å². The Kier molecular flexibility index (Phi) is 5.86. The number of carbonyl (C=O) groups is 2. The van der Waals surface area contributed by atoms with Gasteiger partial charge in [0.05, 0.1) is 25.5 Å². The van der Waals surface area contributed by atoms with E-state index < -0.39 is 11.9 Å². The normalized spacial score (nSPS) is 11.0. The lowest BCUT2D eigenvalue weighted by Crippen LogP contribution is -2.20. The standard InChI is InChI=1S/C18H22N2O6/c1-18(2,3)14-9-16(26-20-14)19-15(21)10-25-12-7-6-11(17(22)24-5)8-13(12)23-4/h6-9H,10H2,1-5H3,(H,19,21). The first-order valence-corrected chi connectivity index (χ1v) is 7.91. The van der Waals surface area contributed by atoms with Crippen LogP contribution in [0.25, 0.3) is 0 Å². The number of carbonyl (C=O) groups excluding carboxylic acids is 2. The lowest BCUT2D eigenvalue weighted by atomic mass is 9.92. The highest BCUT2D eigenvalue weighted by atomic mass is 16.5. The zero-order chi connectivity index (χ0) is 19.3. The lowest BCUT2D eigenvalue weighted by molar-refractivity contribution is -0.118. The summed E-state index contributed by atoms with van der Waals surface area (Å²) in [4.78, 5) is 23.6. The van der Waals surface area contributed by atoms with E-state index in [4.69, 9.17) is 14.0 Å². The Balaban J connectivity index is 1.98. The minimum Gasteiger partial charge on any atom is -0.493 e. The maximum Gasteiger partial charge on any atom is 0.337 e. The Morgan fingerprint density at radius 2 is 1.88 bits per heavy atom. The zero-order valence-electron chi connectivity index (χ0n) is 15.4. The molecule has 0 aliphatic heterocycles. The molecule has 0 fully saturated rings. The number of aromatic nitrogens is 1. The largest absolute Gasteiger partial charge is 0.493 e. The van der Waals surface area contributed by atoms with E-state index in [1.54, 1.807) is 6.07 Å². The monoisotopic (exact) mass is 362 g/mol. The van der Waals surface area contributed by atoms with E-state index in [9.17, 15) is 9.59 Å². The summed E-state index contributed by atoms with van der Waals surface area (Å²) in [5.41, 5.74) is 0.865. The van der Waals surface area contributed by atoms with Crippen LogP contribution in [0.5, 0.6) is 11.5 Å². The average molecular weight is 362 g/mol. The molecular weight excluding hydrogens is 340 g/mol. The second kappa shape index (κ2) is 7.90. The molecule has 0 aliphatic rings. The molecule has 1 aromatic heterocycles. The fourth-order valence-electron chi connectivity index (χ4n) is 2.04. The maximum absolute atomic E-state index is 12.0. The molecule has 140 valence electrons. The number of benzene rings is 1. The van der Waals surface area contributed by atoms with Crippen molar-refractivity contribution in [3.05, 3.63) is 35.5 Å². The summed E-state index contributed by atoms with van der Waals surface area (Å²) < 4.78 is 20.4.